The van der Waals surface area contributed by atoms with Crippen LogP contribution in [0.1, 0.15) is 87.0 Å². The van der Waals surface area contributed by atoms with Crippen LogP contribution in [-0.2, 0) is 15.9 Å². The molecule has 6 rings (SSSR count). The standard InChI is InChI=1S/C33H49NO7/c1-16-11-26(36)28(34-14-16)18(3)21-7-8-22-23-6-5-19-12-20(9-10-33(19,4)25(23)13-24(22)17(21)2)40-32-31(39)30(38)29(37)27(15-35)41-32/h5,7-8,16,18,20,23,25-32,34-39H,6,9-15H2,1-4H3/t16-,18-,20+,23-,25-,26-,27+,28-,29+,30-,31+,32+,33-/m0/s1. The summed E-state index contributed by atoms with van der Waals surface area (Å²) in [4.78, 5) is 0. The smallest absolute Gasteiger partial charge is 0.186 e. The highest BCUT2D eigenvalue weighted by Crippen LogP contribution is 2.60. The van der Waals surface area contributed by atoms with Gasteiger partial charge in [0.1, 0.15) is 24.4 Å². The van der Waals surface area contributed by atoms with Gasteiger partial charge in [-0.15, -0.1) is 0 Å². The summed E-state index contributed by atoms with van der Waals surface area (Å²) < 4.78 is 11.8. The van der Waals surface area contributed by atoms with Crippen molar-refractivity contribution in [1.82, 2.24) is 5.32 Å². The van der Waals surface area contributed by atoms with Crippen molar-refractivity contribution >= 4 is 0 Å². The molecule has 8 heteroatoms. The highest BCUT2D eigenvalue weighted by Gasteiger charge is 2.52. The van der Waals surface area contributed by atoms with Crippen molar-refractivity contribution in [2.45, 2.75) is 127 Å². The van der Waals surface area contributed by atoms with Crippen LogP contribution in [0.2, 0.25) is 0 Å². The topological polar surface area (TPSA) is 132 Å². The average Bonchev–Trinajstić information content (AvgIpc) is 3.34. The van der Waals surface area contributed by atoms with Gasteiger partial charge in [0.25, 0.3) is 0 Å². The molecule has 13 atom stereocenters. The second-order valence-electron chi connectivity index (χ2n) is 14.0. The molecule has 0 bridgehead atoms. The van der Waals surface area contributed by atoms with Gasteiger partial charge in [-0.2, -0.15) is 0 Å². The first-order valence-electron chi connectivity index (χ1n) is 15.7. The summed E-state index contributed by atoms with van der Waals surface area (Å²) in [5, 5.41) is 54.8. The van der Waals surface area contributed by atoms with E-state index < -0.39 is 37.3 Å². The summed E-state index contributed by atoms with van der Waals surface area (Å²) in [6.07, 6.45) is 1.14. The van der Waals surface area contributed by atoms with E-state index in [9.17, 15) is 25.5 Å². The molecule has 5 aliphatic rings. The van der Waals surface area contributed by atoms with Crippen molar-refractivity contribution in [2.75, 3.05) is 13.2 Å². The van der Waals surface area contributed by atoms with Gasteiger partial charge < -0.3 is 40.3 Å². The number of ether oxygens (including phenoxy) is 2. The van der Waals surface area contributed by atoms with Gasteiger partial charge in [-0.1, -0.05) is 44.6 Å². The highest BCUT2D eigenvalue weighted by atomic mass is 16.7. The zero-order valence-electron chi connectivity index (χ0n) is 24.9. The molecular weight excluding hydrogens is 522 g/mol. The number of fused-ring (bicyclic) bond motifs is 5. The van der Waals surface area contributed by atoms with Crippen LogP contribution in [0.4, 0.5) is 0 Å². The summed E-state index contributed by atoms with van der Waals surface area (Å²) in [5.74, 6) is 1.76. The summed E-state index contributed by atoms with van der Waals surface area (Å²) in [6, 6.07) is 4.77. The Morgan fingerprint density at radius 2 is 1.90 bits per heavy atom. The van der Waals surface area contributed by atoms with Crippen LogP contribution in [0.15, 0.2) is 23.8 Å². The van der Waals surface area contributed by atoms with Crippen molar-refractivity contribution in [3.63, 3.8) is 0 Å². The van der Waals surface area contributed by atoms with Crippen LogP contribution in [0, 0.1) is 24.2 Å². The molecule has 0 spiro atoms. The molecule has 0 amide bonds. The van der Waals surface area contributed by atoms with Gasteiger partial charge in [0.2, 0.25) is 0 Å². The number of aliphatic hydroxyl groups is 5. The van der Waals surface area contributed by atoms with Gasteiger partial charge in [0, 0.05) is 6.04 Å². The first kappa shape index (κ1) is 29.7. The molecule has 1 aromatic rings. The molecule has 8 nitrogen and oxygen atoms in total. The van der Waals surface area contributed by atoms with Gasteiger partial charge in [-0.25, -0.2) is 0 Å². The lowest BCUT2D eigenvalue weighted by Gasteiger charge is -2.50. The molecular formula is C33H49NO7. The van der Waals surface area contributed by atoms with Crippen LogP contribution in [0.25, 0.3) is 0 Å². The average molecular weight is 572 g/mol. The minimum atomic E-state index is -1.43. The maximum absolute atomic E-state index is 10.8. The summed E-state index contributed by atoms with van der Waals surface area (Å²) >= 11 is 0. The number of rotatable bonds is 5. The maximum Gasteiger partial charge on any atom is 0.186 e. The van der Waals surface area contributed by atoms with E-state index in [1.165, 1.54) is 27.8 Å². The summed E-state index contributed by atoms with van der Waals surface area (Å²) in [6.45, 7) is 9.63. The molecule has 2 aliphatic heterocycles. The number of piperidine rings is 1. The lowest BCUT2D eigenvalue weighted by Crippen LogP contribution is -2.59. The molecule has 6 N–H and O–H groups in total. The minimum Gasteiger partial charge on any atom is -0.394 e. The fourth-order valence-corrected chi connectivity index (χ4v) is 8.96. The normalized spacial score (nSPS) is 44.9. The van der Waals surface area contributed by atoms with Crippen LogP contribution in [-0.4, -0.2) is 87.6 Å². The Hall–Kier alpha value is -1.36. The molecule has 0 unspecified atom stereocenters. The van der Waals surface area contributed by atoms with Crippen LogP contribution in [0.5, 0.6) is 0 Å². The molecule has 1 saturated carbocycles. The van der Waals surface area contributed by atoms with Gasteiger partial charge >= 0.3 is 0 Å². The third-order valence-corrected chi connectivity index (χ3v) is 11.6. The highest BCUT2D eigenvalue weighted by molar-refractivity contribution is 5.50. The number of aliphatic hydroxyl groups excluding tert-OH is 5. The predicted molar refractivity (Wildman–Crippen MR) is 154 cm³/mol. The van der Waals surface area contributed by atoms with Gasteiger partial charge in [0.15, 0.2) is 6.29 Å². The molecule has 1 aromatic carbocycles. The largest absolute Gasteiger partial charge is 0.394 e. The van der Waals surface area contributed by atoms with E-state index in [-0.39, 0.29) is 29.6 Å². The number of hydrogen-bond acceptors (Lipinski definition) is 8. The maximum atomic E-state index is 10.8. The van der Waals surface area contributed by atoms with Crippen molar-refractivity contribution in [3.8, 4) is 0 Å². The molecule has 2 heterocycles. The molecule has 41 heavy (non-hydrogen) atoms. The first-order chi connectivity index (χ1) is 19.5. The lowest BCUT2D eigenvalue weighted by molar-refractivity contribution is -0.312. The lowest BCUT2D eigenvalue weighted by atomic mass is 9.57. The summed E-state index contributed by atoms with van der Waals surface area (Å²) in [7, 11) is 0. The Balaban J connectivity index is 1.16. The van der Waals surface area contributed by atoms with E-state index >= 15 is 0 Å². The fourth-order valence-electron chi connectivity index (χ4n) is 8.96. The van der Waals surface area contributed by atoms with E-state index in [4.69, 9.17) is 9.47 Å². The molecule has 228 valence electrons. The Morgan fingerprint density at radius 1 is 1.12 bits per heavy atom. The van der Waals surface area contributed by atoms with Crippen molar-refractivity contribution in [2.24, 2.45) is 17.3 Å². The number of benzene rings is 1. The Morgan fingerprint density at radius 3 is 2.63 bits per heavy atom. The zero-order valence-corrected chi connectivity index (χ0v) is 24.9. The number of allylic oxidation sites excluding steroid dienone is 1. The van der Waals surface area contributed by atoms with E-state index in [1.807, 2.05) is 0 Å². The molecule has 2 saturated heterocycles. The van der Waals surface area contributed by atoms with Crippen LogP contribution in [0.3, 0.4) is 0 Å². The monoisotopic (exact) mass is 571 g/mol. The number of nitrogens with one attached hydrogen (secondary N) is 1. The zero-order chi connectivity index (χ0) is 29.2. The number of hydrogen-bond donors (Lipinski definition) is 6. The third-order valence-electron chi connectivity index (χ3n) is 11.6. The second kappa shape index (κ2) is 11.3. The first-order valence-corrected chi connectivity index (χ1v) is 15.7. The van der Waals surface area contributed by atoms with Crippen LogP contribution < -0.4 is 5.32 Å². The third kappa shape index (κ3) is 5.02. The molecule has 3 aliphatic carbocycles. The Bertz CT molecular complexity index is 1150. The Labute approximate surface area is 243 Å². The molecule has 0 radical (unpaired) electrons. The molecule has 3 fully saturated rings. The van der Waals surface area contributed by atoms with E-state index in [0.29, 0.717) is 17.8 Å². The van der Waals surface area contributed by atoms with Crippen LogP contribution >= 0.6 is 0 Å². The second-order valence-corrected chi connectivity index (χ2v) is 14.0. The molecule has 0 aromatic heterocycles. The van der Waals surface area contributed by atoms with E-state index in [0.717, 1.165) is 45.1 Å². The van der Waals surface area contributed by atoms with Crippen molar-refractivity contribution in [1.29, 1.82) is 0 Å². The Kier molecular flexibility index (Phi) is 8.18. The van der Waals surface area contributed by atoms with Gasteiger partial charge in [-0.05, 0) is 103 Å². The fraction of sp³-hybridized carbons (Fsp3) is 0.758. The minimum absolute atomic E-state index is 0.0622. The van der Waals surface area contributed by atoms with E-state index in [1.54, 1.807) is 0 Å². The predicted octanol–water partition coefficient (Wildman–Crippen LogP) is 2.42. The van der Waals surface area contributed by atoms with E-state index in [2.05, 4.69) is 51.2 Å². The van der Waals surface area contributed by atoms with Gasteiger partial charge in [-0.3, -0.25) is 0 Å². The summed E-state index contributed by atoms with van der Waals surface area (Å²) in [5.41, 5.74) is 7.20. The van der Waals surface area contributed by atoms with Crippen molar-refractivity contribution < 1.29 is 35.0 Å². The quantitative estimate of drug-likeness (QED) is 0.297. The van der Waals surface area contributed by atoms with Crippen molar-refractivity contribution in [3.05, 3.63) is 46.0 Å². The van der Waals surface area contributed by atoms with Gasteiger partial charge in [0.05, 0.1) is 18.8 Å². The SMILES string of the molecule is Cc1c([C@H](C)[C@@H]2NC[C@@H](C)C[C@@H]2O)ccc2c1C[C@H]1[C@H]2CC=C2C[C@H](O[C@@H]3O[C@H](CO)[C@@H](O)[C@H](O)[C@H]3O)CC[C@@]21C.